The summed E-state index contributed by atoms with van der Waals surface area (Å²) in [5, 5.41) is 0. The molecule has 0 saturated carbocycles. The van der Waals surface area contributed by atoms with E-state index in [-0.39, 0.29) is 6.10 Å². The van der Waals surface area contributed by atoms with Gasteiger partial charge in [-0.3, -0.25) is 0 Å². The fraction of sp³-hybridized carbons (Fsp3) is 0.400. The molecule has 0 spiro atoms. The van der Waals surface area contributed by atoms with Crippen LogP contribution in [0.1, 0.15) is 30.1 Å². The van der Waals surface area contributed by atoms with Gasteiger partial charge in [-0.2, -0.15) is 0 Å². The molecule has 0 amide bonds. The highest BCUT2D eigenvalue weighted by Gasteiger charge is 2.24. The van der Waals surface area contributed by atoms with Gasteiger partial charge < -0.3 is 15.4 Å². The molecule has 0 atom stereocenters. The Morgan fingerprint density at radius 3 is 1.91 bits per heavy atom. The zero-order valence-corrected chi connectivity index (χ0v) is 13.6. The standard InChI is InChI=1S/C20H26N2O/c21-13-16-22-14-11-19(12-15-22)23-20(17-7-3-1-4-8-17)18-9-5-2-6-10-18/h1-10,19-20H,11-16,21H2. The summed E-state index contributed by atoms with van der Waals surface area (Å²) in [6.07, 6.45) is 2.49. The van der Waals surface area contributed by atoms with Gasteiger partial charge in [-0.25, -0.2) is 0 Å². The molecule has 23 heavy (non-hydrogen) atoms. The molecule has 1 aliphatic rings. The Labute approximate surface area is 139 Å². The maximum atomic E-state index is 6.53. The third-order valence-corrected chi connectivity index (χ3v) is 4.51. The number of rotatable bonds is 6. The van der Waals surface area contributed by atoms with Crippen LogP contribution in [0.2, 0.25) is 0 Å². The minimum Gasteiger partial charge on any atom is -0.365 e. The summed E-state index contributed by atoms with van der Waals surface area (Å²) in [6.45, 7) is 3.89. The number of nitrogens with two attached hydrogens (primary N) is 1. The van der Waals surface area contributed by atoms with Crippen molar-refractivity contribution in [1.82, 2.24) is 4.90 Å². The zero-order chi connectivity index (χ0) is 15.9. The first-order valence-corrected chi connectivity index (χ1v) is 8.54. The summed E-state index contributed by atoms with van der Waals surface area (Å²) in [7, 11) is 0. The molecule has 0 aromatic heterocycles. The second-order valence-electron chi connectivity index (χ2n) is 6.17. The van der Waals surface area contributed by atoms with Crippen molar-refractivity contribution in [2.24, 2.45) is 5.73 Å². The molecule has 1 fully saturated rings. The van der Waals surface area contributed by atoms with Gasteiger partial charge in [-0.1, -0.05) is 60.7 Å². The van der Waals surface area contributed by atoms with Crippen LogP contribution in [0.3, 0.4) is 0 Å². The van der Waals surface area contributed by atoms with E-state index in [9.17, 15) is 0 Å². The number of hydrogen-bond donors (Lipinski definition) is 1. The normalized spacial score (nSPS) is 16.8. The molecule has 3 rings (SSSR count). The second kappa shape index (κ2) is 8.25. The second-order valence-corrected chi connectivity index (χ2v) is 6.17. The van der Waals surface area contributed by atoms with Crippen molar-refractivity contribution in [3.63, 3.8) is 0 Å². The van der Waals surface area contributed by atoms with E-state index in [0.29, 0.717) is 6.10 Å². The molecule has 2 aromatic carbocycles. The van der Waals surface area contributed by atoms with E-state index in [1.807, 2.05) is 0 Å². The van der Waals surface area contributed by atoms with Crippen molar-refractivity contribution in [2.45, 2.75) is 25.0 Å². The van der Waals surface area contributed by atoms with Crippen molar-refractivity contribution < 1.29 is 4.74 Å². The molecule has 2 aromatic rings. The quantitative estimate of drug-likeness (QED) is 0.890. The minimum absolute atomic E-state index is 0.0171. The topological polar surface area (TPSA) is 38.5 Å². The summed E-state index contributed by atoms with van der Waals surface area (Å²) in [5.41, 5.74) is 8.10. The van der Waals surface area contributed by atoms with Crippen molar-refractivity contribution in [2.75, 3.05) is 26.2 Å². The average molecular weight is 310 g/mol. The van der Waals surface area contributed by atoms with Gasteiger partial charge in [0.15, 0.2) is 0 Å². The smallest absolute Gasteiger partial charge is 0.108 e. The van der Waals surface area contributed by atoms with Gasteiger partial charge in [0.25, 0.3) is 0 Å². The number of likely N-dealkylation sites (tertiary alicyclic amines) is 1. The van der Waals surface area contributed by atoms with E-state index < -0.39 is 0 Å². The van der Waals surface area contributed by atoms with Crippen molar-refractivity contribution in [3.05, 3.63) is 71.8 Å². The fourth-order valence-electron chi connectivity index (χ4n) is 3.25. The van der Waals surface area contributed by atoms with Crippen LogP contribution in [0.5, 0.6) is 0 Å². The highest BCUT2D eigenvalue weighted by Crippen LogP contribution is 2.29. The largest absolute Gasteiger partial charge is 0.365 e. The number of nitrogens with zero attached hydrogens (tertiary/aromatic N) is 1. The van der Waals surface area contributed by atoms with Gasteiger partial charge in [0, 0.05) is 26.2 Å². The summed E-state index contributed by atoms with van der Waals surface area (Å²) >= 11 is 0. The van der Waals surface area contributed by atoms with E-state index in [1.54, 1.807) is 0 Å². The van der Waals surface area contributed by atoms with Crippen molar-refractivity contribution in [3.8, 4) is 0 Å². The molecule has 1 saturated heterocycles. The highest BCUT2D eigenvalue weighted by molar-refractivity contribution is 5.30. The fourth-order valence-corrected chi connectivity index (χ4v) is 3.25. The van der Waals surface area contributed by atoms with Crippen LogP contribution in [0.25, 0.3) is 0 Å². The zero-order valence-electron chi connectivity index (χ0n) is 13.6. The Hall–Kier alpha value is -1.68. The number of hydrogen-bond acceptors (Lipinski definition) is 3. The van der Waals surface area contributed by atoms with Crippen LogP contribution in [-0.2, 0) is 4.74 Å². The van der Waals surface area contributed by atoms with Crippen LogP contribution < -0.4 is 5.73 Å². The maximum absolute atomic E-state index is 6.53. The summed E-state index contributed by atoms with van der Waals surface area (Å²) in [5.74, 6) is 0. The monoisotopic (exact) mass is 310 g/mol. The summed E-state index contributed by atoms with van der Waals surface area (Å²) in [6, 6.07) is 21.0. The minimum atomic E-state index is 0.0171. The van der Waals surface area contributed by atoms with E-state index in [4.69, 9.17) is 10.5 Å². The number of benzene rings is 2. The first-order chi connectivity index (χ1) is 11.4. The molecule has 3 heteroatoms. The summed E-state index contributed by atoms with van der Waals surface area (Å²) < 4.78 is 6.53. The van der Waals surface area contributed by atoms with Gasteiger partial charge in [-0.05, 0) is 24.0 Å². The molecule has 0 aliphatic carbocycles. The van der Waals surface area contributed by atoms with Crippen LogP contribution in [0.15, 0.2) is 60.7 Å². The predicted octanol–water partition coefficient (Wildman–Crippen LogP) is 3.22. The Morgan fingerprint density at radius 2 is 1.43 bits per heavy atom. The lowest BCUT2D eigenvalue weighted by Gasteiger charge is -2.34. The lowest BCUT2D eigenvalue weighted by molar-refractivity contribution is -0.0265. The molecule has 2 N–H and O–H groups in total. The van der Waals surface area contributed by atoms with Crippen molar-refractivity contribution in [1.29, 1.82) is 0 Å². The first kappa shape index (κ1) is 16.2. The first-order valence-electron chi connectivity index (χ1n) is 8.54. The van der Waals surface area contributed by atoms with E-state index in [2.05, 4.69) is 65.6 Å². The molecule has 1 aliphatic heterocycles. The Balaban J connectivity index is 1.70. The van der Waals surface area contributed by atoms with Crippen molar-refractivity contribution >= 4 is 0 Å². The van der Waals surface area contributed by atoms with Crippen LogP contribution in [0.4, 0.5) is 0 Å². The highest BCUT2D eigenvalue weighted by atomic mass is 16.5. The molecule has 3 nitrogen and oxygen atoms in total. The molecular formula is C20H26N2O. The molecule has 0 bridgehead atoms. The third kappa shape index (κ3) is 4.41. The average Bonchev–Trinajstić information content (AvgIpc) is 2.63. The lowest BCUT2D eigenvalue weighted by Crippen LogP contribution is -2.40. The predicted molar refractivity (Wildman–Crippen MR) is 94.3 cm³/mol. The van der Waals surface area contributed by atoms with Gasteiger partial charge in [0.2, 0.25) is 0 Å². The van der Waals surface area contributed by atoms with Crippen LogP contribution in [0, 0.1) is 0 Å². The SMILES string of the molecule is NCCN1CCC(OC(c2ccccc2)c2ccccc2)CC1. The van der Waals surface area contributed by atoms with Gasteiger partial charge in [-0.15, -0.1) is 0 Å². The molecule has 0 radical (unpaired) electrons. The van der Waals surface area contributed by atoms with Crippen LogP contribution in [-0.4, -0.2) is 37.2 Å². The number of ether oxygens (including phenoxy) is 1. The van der Waals surface area contributed by atoms with E-state index in [1.165, 1.54) is 11.1 Å². The summed E-state index contributed by atoms with van der Waals surface area (Å²) in [4.78, 5) is 2.43. The number of piperidine rings is 1. The lowest BCUT2D eigenvalue weighted by atomic mass is 10.00. The molecule has 0 unspecified atom stereocenters. The molecular weight excluding hydrogens is 284 g/mol. The third-order valence-electron chi connectivity index (χ3n) is 4.51. The Morgan fingerprint density at radius 1 is 0.913 bits per heavy atom. The Bertz CT molecular complexity index is 525. The van der Waals surface area contributed by atoms with Gasteiger partial charge >= 0.3 is 0 Å². The maximum Gasteiger partial charge on any atom is 0.108 e. The molecule has 122 valence electrons. The van der Waals surface area contributed by atoms with E-state index in [0.717, 1.165) is 39.0 Å². The van der Waals surface area contributed by atoms with Gasteiger partial charge in [0.05, 0.1) is 6.10 Å². The van der Waals surface area contributed by atoms with Crippen LogP contribution >= 0.6 is 0 Å². The molecule has 1 heterocycles. The van der Waals surface area contributed by atoms with E-state index >= 15 is 0 Å². The van der Waals surface area contributed by atoms with Gasteiger partial charge in [0.1, 0.15) is 6.10 Å². The Kier molecular flexibility index (Phi) is 5.81.